The maximum absolute atomic E-state index is 12.5. The molecule has 0 aliphatic carbocycles. The van der Waals surface area contributed by atoms with Gasteiger partial charge in [0.25, 0.3) is 0 Å². The highest BCUT2D eigenvalue weighted by Crippen LogP contribution is 2.09. The third-order valence-electron chi connectivity index (χ3n) is 2.22. The van der Waals surface area contributed by atoms with E-state index in [2.05, 4.69) is 0 Å². The van der Waals surface area contributed by atoms with Gasteiger partial charge in [-0.25, -0.2) is 4.39 Å². The second-order valence-electron chi connectivity index (χ2n) is 3.37. The minimum Gasteiger partial charge on any atom is -0.390 e. The van der Waals surface area contributed by atoms with Crippen molar-refractivity contribution < 1.29 is 14.6 Å². The summed E-state index contributed by atoms with van der Waals surface area (Å²) < 4.78 is 12.5. The number of rotatable bonds is 4. The van der Waals surface area contributed by atoms with Gasteiger partial charge in [-0.2, -0.15) is 0 Å². The smallest absolute Gasteiger partial charge is 0.123 e. The van der Waals surface area contributed by atoms with E-state index >= 15 is 0 Å². The van der Waals surface area contributed by atoms with E-state index in [0.29, 0.717) is 12.8 Å². The largest absolute Gasteiger partial charge is 0.390 e. The molecule has 0 fully saturated rings. The summed E-state index contributed by atoms with van der Waals surface area (Å²) in [5.74, 6) is -0.292. The van der Waals surface area contributed by atoms with Gasteiger partial charge in [-0.15, -0.1) is 0 Å². The fourth-order valence-electron chi connectivity index (χ4n) is 1.27. The van der Waals surface area contributed by atoms with Gasteiger partial charge in [0.15, 0.2) is 0 Å². The molecule has 2 unspecified atom stereocenters. The summed E-state index contributed by atoms with van der Waals surface area (Å²) in [6.07, 6.45) is -0.608. The Morgan fingerprint density at radius 2 is 1.71 bits per heavy atom. The summed E-state index contributed by atoms with van der Waals surface area (Å²) in [5, 5.41) is 18.8. The number of aliphatic hydroxyl groups is 2. The molecule has 0 saturated heterocycles. The lowest BCUT2D eigenvalue weighted by molar-refractivity contribution is 0.0181. The Morgan fingerprint density at radius 1 is 1.14 bits per heavy atom. The van der Waals surface area contributed by atoms with Crippen LogP contribution >= 0.6 is 0 Å². The first-order chi connectivity index (χ1) is 6.63. The van der Waals surface area contributed by atoms with Crippen molar-refractivity contribution in [3.8, 4) is 0 Å². The van der Waals surface area contributed by atoms with Crippen LogP contribution < -0.4 is 0 Å². The van der Waals surface area contributed by atoms with Gasteiger partial charge in [0, 0.05) is 6.42 Å². The van der Waals surface area contributed by atoms with Crippen molar-refractivity contribution in [2.45, 2.75) is 32.0 Å². The average molecular weight is 198 g/mol. The monoisotopic (exact) mass is 198 g/mol. The lowest BCUT2D eigenvalue weighted by Crippen LogP contribution is -2.27. The van der Waals surface area contributed by atoms with Crippen LogP contribution in [0.15, 0.2) is 24.3 Å². The zero-order chi connectivity index (χ0) is 10.6. The van der Waals surface area contributed by atoms with Crippen molar-refractivity contribution in [2.75, 3.05) is 0 Å². The lowest BCUT2D eigenvalue weighted by atomic mass is 10.0. The van der Waals surface area contributed by atoms with Crippen LogP contribution in [0.2, 0.25) is 0 Å². The van der Waals surface area contributed by atoms with Crippen LogP contribution in [0.3, 0.4) is 0 Å². The molecule has 14 heavy (non-hydrogen) atoms. The minimum absolute atomic E-state index is 0.292. The van der Waals surface area contributed by atoms with E-state index < -0.39 is 12.2 Å². The van der Waals surface area contributed by atoms with E-state index in [0.717, 1.165) is 5.56 Å². The summed E-state index contributed by atoms with van der Waals surface area (Å²) in [6.45, 7) is 1.80. The molecule has 0 aromatic heterocycles. The Bertz CT molecular complexity index is 271. The van der Waals surface area contributed by atoms with Crippen LogP contribution in [0, 0.1) is 5.82 Å². The summed E-state index contributed by atoms with van der Waals surface area (Å²) in [7, 11) is 0. The first-order valence-electron chi connectivity index (χ1n) is 4.74. The molecule has 0 saturated carbocycles. The predicted octanol–water partition coefficient (Wildman–Crippen LogP) is 1.50. The molecule has 0 radical (unpaired) electrons. The highest BCUT2D eigenvalue weighted by molar-refractivity contribution is 5.16. The summed E-state index contributed by atoms with van der Waals surface area (Å²) in [6, 6.07) is 5.92. The first kappa shape index (κ1) is 11.1. The van der Waals surface area contributed by atoms with Gasteiger partial charge in [0.1, 0.15) is 5.82 Å². The number of halogens is 1. The molecule has 3 heteroatoms. The molecule has 0 aliphatic rings. The van der Waals surface area contributed by atoms with Crippen molar-refractivity contribution in [3.63, 3.8) is 0 Å². The normalized spacial score (nSPS) is 15.1. The van der Waals surface area contributed by atoms with Gasteiger partial charge in [-0.05, 0) is 24.1 Å². The SMILES string of the molecule is CCC(O)C(O)Cc1ccc(F)cc1. The Balaban J connectivity index is 2.56. The van der Waals surface area contributed by atoms with Crippen molar-refractivity contribution in [1.82, 2.24) is 0 Å². The molecule has 1 aromatic carbocycles. The summed E-state index contributed by atoms with van der Waals surface area (Å²) in [4.78, 5) is 0. The summed E-state index contributed by atoms with van der Waals surface area (Å²) >= 11 is 0. The summed E-state index contributed by atoms with van der Waals surface area (Å²) in [5.41, 5.74) is 0.825. The van der Waals surface area contributed by atoms with E-state index in [1.54, 1.807) is 19.1 Å². The highest BCUT2D eigenvalue weighted by atomic mass is 19.1. The Hall–Kier alpha value is -0.930. The molecule has 0 aliphatic heterocycles. The average Bonchev–Trinajstić information content (AvgIpc) is 2.20. The van der Waals surface area contributed by atoms with Crippen LogP contribution in [0.1, 0.15) is 18.9 Å². The third kappa shape index (κ3) is 3.09. The zero-order valence-corrected chi connectivity index (χ0v) is 8.15. The lowest BCUT2D eigenvalue weighted by Gasteiger charge is -2.15. The fraction of sp³-hybridized carbons (Fsp3) is 0.455. The molecule has 0 bridgehead atoms. The van der Waals surface area contributed by atoms with Crippen LogP contribution in [0.4, 0.5) is 4.39 Å². The zero-order valence-electron chi connectivity index (χ0n) is 8.15. The molecule has 2 nitrogen and oxygen atoms in total. The molecule has 1 rings (SSSR count). The van der Waals surface area contributed by atoms with Crippen molar-refractivity contribution in [2.24, 2.45) is 0 Å². The third-order valence-corrected chi connectivity index (χ3v) is 2.22. The molecule has 2 N–H and O–H groups in total. The van der Waals surface area contributed by atoms with E-state index in [1.165, 1.54) is 12.1 Å². The molecule has 0 heterocycles. The van der Waals surface area contributed by atoms with Crippen molar-refractivity contribution in [3.05, 3.63) is 35.6 Å². The Morgan fingerprint density at radius 3 is 2.21 bits per heavy atom. The number of hydrogen-bond donors (Lipinski definition) is 2. The second-order valence-corrected chi connectivity index (χ2v) is 3.37. The number of benzene rings is 1. The molecular weight excluding hydrogens is 183 g/mol. The van der Waals surface area contributed by atoms with Crippen LogP contribution in [0.5, 0.6) is 0 Å². The standard InChI is InChI=1S/C11H15FO2/c1-2-10(13)11(14)7-8-3-5-9(12)6-4-8/h3-6,10-11,13-14H,2,7H2,1H3. The predicted molar refractivity (Wildman–Crippen MR) is 52.4 cm³/mol. The van der Waals surface area contributed by atoms with Crippen LogP contribution in [-0.4, -0.2) is 22.4 Å². The molecule has 2 atom stereocenters. The van der Waals surface area contributed by atoms with Crippen molar-refractivity contribution >= 4 is 0 Å². The second kappa shape index (κ2) is 5.08. The maximum Gasteiger partial charge on any atom is 0.123 e. The fourth-order valence-corrected chi connectivity index (χ4v) is 1.27. The van der Waals surface area contributed by atoms with E-state index in [9.17, 15) is 14.6 Å². The molecule has 0 amide bonds. The topological polar surface area (TPSA) is 40.5 Å². The van der Waals surface area contributed by atoms with Crippen LogP contribution in [-0.2, 0) is 6.42 Å². The Labute approximate surface area is 83.0 Å². The van der Waals surface area contributed by atoms with E-state index in [1.807, 2.05) is 0 Å². The van der Waals surface area contributed by atoms with E-state index in [-0.39, 0.29) is 5.82 Å². The molecule has 78 valence electrons. The quantitative estimate of drug-likeness (QED) is 0.769. The van der Waals surface area contributed by atoms with Crippen molar-refractivity contribution in [1.29, 1.82) is 0 Å². The van der Waals surface area contributed by atoms with Gasteiger partial charge >= 0.3 is 0 Å². The van der Waals surface area contributed by atoms with Crippen LogP contribution in [0.25, 0.3) is 0 Å². The van der Waals surface area contributed by atoms with E-state index in [4.69, 9.17) is 0 Å². The Kier molecular flexibility index (Phi) is 4.04. The number of aliphatic hydroxyl groups excluding tert-OH is 2. The minimum atomic E-state index is -0.773. The number of hydrogen-bond acceptors (Lipinski definition) is 2. The van der Waals surface area contributed by atoms with Gasteiger partial charge < -0.3 is 10.2 Å². The van der Waals surface area contributed by atoms with Gasteiger partial charge in [0.05, 0.1) is 12.2 Å². The molecule has 1 aromatic rings. The highest BCUT2D eigenvalue weighted by Gasteiger charge is 2.14. The first-order valence-corrected chi connectivity index (χ1v) is 4.74. The van der Waals surface area contributed by atoms with Gasteiger partial charge in [-0.1, -0.05) is 19.1 Å². The maximum atomic E-state index is 12.5. The van der Waals surface area contributed by atoms with Gasteiger partial charge in [0.2, 0.25) is 0 Å². The molecule has 0 spiro atoms. The van der Waals surface area contributed by atoms with Gasteiger partial charge in [-0.3, -0.25) is 0 Å². The molecular formula is C11H15FO2.